The first-order valence-corrected chi connectivity index (χ1v) is 7.66. The molecule has 0 aliphatic carbocycles. The first kappa shape index (κ1) is 17.2. The van der Waals surface area contributed by atoms with Gasteiger partial charge in [0.1, 0.15) is 5.92 Å². The lowest BCUT2D eigenvalue weighted by atomic mass is 9.98. The Hall–Kier alpha value is -1.82. The normalized spacial score (nSPS) is 12.2. The Balaban J connectivity index is 2.81. The van der Waals surface area contributed by atoms with Gasteiger partial charge in [0.15, 0.2) is 0 Å². The summed E-state index contributed by atoms with van der Waals surface area (Å²) in [5.41, 5.74) is 1.03. The maximum absolute atomic E-state index is 12.7. The van der Waals surface area contributed by atoms with Crippen LogP contribution in [0, 0.1) is 29.1 Å². The lowest BCUT2D eigenvalue weighted by Gasteiger charge is -2.28. The molecule has 3 nitrogen and oxygen atoms in total. The molecule has 0 spiro atoms. The van der Waals surface area contributed by atoms with Gasteiger partial charge in [-0.25, -0.2) is 0 Å². The highest BCUT2D eigenvalue weighted by atomic mass is 16.2. The largest absolute Gasteiger partial charge is 0.341 e. The molecule has 0 fully saturated rings. The van der Waals surface area contributed by atoms with Crippen LogP contribution in [-0.4, -0.2) is 23.9 Å². The van der Waals surface area contributed by atoms with Gasteiger partial charge >= 0.3 is 0 Å². The van der Waals surface area contributed by atoms with Crippen LogP contribution >= 0.6 is 0 Å². The number of hydrogen-bond acceptors (Lipinski definition) is 2. The topological polar surface area (TPSA) is 44.1 Å². The molecule has 3 heteroatoms. The highest BCUT2D eigenvalue weighted by Crippen LogP contribution is 2.14. The van der Waals surface area contributed by atoms with Crippen LogP contribution in [-0.2, 0) is 11.2 Å². The number of nitrogens with zero attached hydrogens (tertiary/aromatic N) is 2. The van der Waals surface area contributed by atoms with Gasteiger partial charge in [-0.2, -0.15) is 5.26 Å². The Morgan fingerprint density at radius 2 is 1.62 bits per heavy atom. The van der Waals surface area contributed by atoms with Gasteiger partial charge in [0.05, 0.1) is 6.07 Å². The molecule has 1 unspecified atom stereocenters. The summed E-state index contributed by atoms with van der Waals surface area (Å²) in [6.07, 6.45) is 0.489. The highest BCUT2D eigenvalue weighted by molar-refractivity contribution is 5.81. The van der Waals surface area contributed by atoms with Crippen LogP contribution in [0.15, 0.2) is 30.3 Å². The zero-order valence-electron chi connectivity index (χ0n) is 13.5. The van der Waals surface area contributed by atoms with Crippen molar-refractivity contribution in [2.24, 2.45) is 17.8 Å². The second-order valence-corrected chi connectivity index (χ2v) is 6.40. The summed E-state index contributed by atoms with van der Waals surface area (Å²) < 4.78 is 0. The third-order valence-electron chi connectivity index (χ3n) is 3.22. The standard InChI is InChI=1S/C18H26N2O/c1-14(2)12-20(13-15(3)4)18(21)17(11-19)10-16-8-6-5-7-9-16/h5-9,14-15,17H,10,12-13H2,1-4H3. The predicted octanol–water partition coefficient (Wildman–Crippen LogP) is 3.51. The summed E-state index contributed by atoms with van der Waals surface area (Å²) in [5, 5.41) is 9.38. The van der Waals surface area contributed by atoms with Gasteiger partial charge in [0, 0.05) is 13.1 Å². The smallest absolute Gasteiger partial charge is 0.240 e. The SMILES string of the molecule is CC(C)CN(CC(C)C)C(=O)C(C#N)Cc1ccccc1. The number of nitriles is 1. The minimum atomic E-state index is -0.593. The Kier molecular flexibility index (Phi) is 6.94. The predicted molar refractivity (Wildman–Crippen MR) is 85.5 cm³/mol. The Labute approximate surface area is 128 Å². The molecule has 1 amide bonds. The molecule has 1 aromatic rings. The number of rotatable bonds is 7. The lowest BCUT2D eigenvalue weighted by Crippen LogP contribution is -2.41. The molecule has 0 bridgehead atoms. The monoisotopic (exact) mass is 286 g/mol. The third-order valence-corrected chi connectivity index (χ3v) is 3.22. The molecule has 0 saturated carbocycles. The van der Waals surface area contributed by atoms with Crippen molar-refractivity contribution >= 4 is 5.91 Å². The fourth-order valence-corrected chi connectivity index (χ4v) is 2.39. The van der Waals surface area contributed by atoms with Gasteiger partial charge < -0.3 is 4.90 Å². The lowest BCUT2D eigenvalue weighted by molar-refractivity contribution is -0.134. The van der Waals surface area contributed by atoms with Crippen LogP contribution in [0.1, 0.15) is 33.3 Å². The van der Waals surface area contributed by atoms with E-state index in [1.54, 1.807) is 0 Å². The molecule has 0 aromatic heterocycles. The van der Waals surface area contributed by atoms with Crippen molar-refractivity contribution < 1.29 is 4.79 Å². The first-order valence-electron chi connectivity index (χ1n) is 7.66. The zero-order chi connectivity index (χ0) is 15.8. The summed E-state index contributed by atoms with van der Waals surface area (Å²) in [7, 11) is 0. The van der Waals surface area contributed by atoms with Crippen LogP contribution in [0.4, 0.5) is 0 Å². The first-order chi connectivity index (χ1) is 9.93. The van der Waals surface area contributed by atoms with Crippen molar-refractivity contribution in [2.45, 2.75) is 34.1 Å². The number of amides is 1. The van der Waals surface area contributed by atoms with Crippen molar-refractivity contribution in [1.82, 2.24) is 4.90 Å². The van der Waals surface area contributed by atoms with Crippen LogP contribution < -0.4 is 0 Å². The molecule has 114 valence electrons. The fourth-order valence-electron chi connectivity index (χ4n) is 2.39. The molecular formula is C18H26N2O. The van der Waals surface area contributed by atoms with E-state index in [2.05, 4.69) is 33.8 Å². The van der Waals surface area contributed by atoms with Crippen molar-refractivity contribution in [3.63, 3.8) is 0 Å². The molecule has 1 rings (SSSR count). The second-order valence-electron chi connectivity index (χ2n) is 6.40. The molecule has 21 heavy (non-hydrogen) atoms. The summed E-state index contributed by atoms with van der Waals surface area (Å²) >= 11 is 0. The minimum Gasteiger partial charge on any atom is -0.341 e. The summed E-state index contributed by atoms with van der Waals surface area (Å²) in [5.74, 6) is 0.182. The molecular weight excluding hydrogens is 260 g/mol. The van der Waals surface area contributed by atoms with Gasteiger partial charge in [0.25, 0.3) is 0 Å². The van der Waals surface area contributed by atoms with Crippen molar-refractivity contribution in [1.29, 1.82) is 5.26 Å². The molecule has 0 saturated heterocycles. The quantitative estimate of drug-likeness (QED) is 0.770. The molecule has 1 atom stereocenters. The van der Waals surface area contributed by atoms with Gasteiger partial charge in [-0.1, -0.05) is 58.0 Å². The Morgan fingerprint density at radius 1 is 1.10 bits per heavy atom. The van der Waals surface area contributed by atoms with E-state index in [1.807, 2.05) is 35.2 Å². The van der Waals surface area contributed by atoms with Gasteiger partial charge in [-0.3, -0.25) is 4.79 Å². The number of carbonyl (C=O) groups excluding carboxylic acids is 1. The minimum absolute atomic E-state index is 0.0382. The van der Waals surface area contributed by atoms with E-state index in [9.17, 15) is 10.1 Å². The summed E-state index contributed by atoms with van der Waals surface area (Å²) in [4.78, 5) is 14.5. The van der Waals surface area contributed by atoms with Gasteiger partial charge in [-0.15, -0.1) is 0 Å². The second kappa shape index (κ2) is 8.46. The van der Waals surface area contributed by atoms with Crippen molar-refractivity contribution in [3.8, 4) is 6.07 Å². The summed E-state index contributed by atoms with van der Waals surface area (Å²) in [6, 6.07) is 11.9. The zero-order valence-corrected chi connectivity index (χ0v) is 13.5. The van der Waals surface area contributed by atoms with Crippen molar-refractivity contribution in [3.05, 3.63) is 35.9 Å². The van der Waals surface area contributed by atoms with Crippen LogP contribution in [0.5, 0.6) is 0 Å². The average molecular weight is 286 g/mol. The summed E-state index contributed by atoms with van der Waals surface area (Å²) in [6.45, 7) is 9.81. The maximum atomic E-state index is 12.7. The molecule has 0 heterocycles. The van der Waals surface area contributed by atoms with Gasteiger partial charge in [0.2, 0.25) is 5.91 Å². The fraction of sp³-hybridized carbons (Fsp3) is 0.556. The van der Waals surface area contributed by atoms with Crippen LogP contribution in [0.2, 0.25) is 0 Å². The molecule has 1 aromatic carbocycles. The maximum Gasteiger partial charge on any atom is 0.240 e. The van der Waals surface area contributed by atoms with Crippen LogP contribution in [0.3, 0.4) is 0 Å². The Bertz CT molecular complexity index is 464. The number of hydrogen-bond donors (Lipinski definition) is 0. The molecule has 0 aliphatic heterocycles. The third kappa shape index (κ3) is 5.99. The van der Waals surface area contributed by atoms with E-state index in [1.165, 1.54) is 0 Å². The van der Waals surface area contributed by atoms with E-state index in [0.717, 1.165) is 5.56 Å². The highest BCUT2D eigenvalue weighted by Gasteiger charge is 2.25. The molecule has 0 N–H and O–H groups in total. The van der Waals surface area contributed by atoms with Gasteiger partial charge in [-0.05, 0) is 23.8 Å². The average Bonchev–Trinajstić information content (AvgIpc) is 2.43. The van der Waals surface area contributed by atoms with E-state index >= 15 is 0 Å². The number of carbonyl (C=O) groups is 1. The molecule has 0 radical (unpaired) electrons. The number of benzene rings is 1. The Morgan fingerprint density at radius 3 is 2.05 bits per heavy atom. The van der Waals surface area contributed by atoms with E-state index in [0.29, 0.717) is 31.3 Å². The molecule has 0 aliphatic rings. The van der Waals surface area contributed by atoms with E-state index in [-0.39, 0.29) is 5.91 Å². The van der Waals surface area contributed by atoms with Crippen LogP contribution in [0.25, 0.3) is 0 Å². The van der Waals surface area contributed by atoms with E-state index < -0.39 is 5.92 Å². The van der Waals surface area contributed by atoms with Crippen molar-refractivity contribution in [2.75, 3.05) is 13.1 Å². The van der Waals surface area contributed by atoms with E-state index in [4.69, 9.17) is 0 Å².